The average molecular weight is 355 g/mol. The van der Waals surface area contributed by atoms with E-state index in [1.54, 1.807) is 6.92 Å². The molecule has 3 N–H and O–H groups in total. The van der Waals surface area contributed by atoms with Gasteiger partial charge < -0.3 is 10.9 Å². The molecule has 1 rings (SSSR count). The van der Waals surface area contributed by atoms with Gasteiger partial charge in [0.1, 0.15) is 5.84 Å². The minimum atomic E-state index is -3.74. The third-order valence-electron chi connectivity index (χ3n) is 2.42. The molecule has 0 aromatic carbocycles. The molecule has 1 aromatic rings. The van der Waals surface area contributed by atoms with Crippen LogP contribution in [0.4, 0.5) is 0 Å². The van der Waals surface area contributed by atoms with Gasteiger partial charge in [-0.05, 0) is 15.9 Å². The van der Waals surface area contributed by atoms with Crippen LogP contribution in [0.1, 0.15) is 13.3 Å². The molecule has 19 heavy (non-hydrogen) atoms. The molecule has 0 spiro atoms. The maximum absolute atomic E-state index is 12.4. The van der Waals surface area contributed by atoms with Gasteiger partial charge in [0, 0.05) is 26.6 Å². The van der Waals surface area contributed by atoms with Crippen molar-refractivity contribution in [3.05, 3.63) is 4.60 Å². The van der Waals surface area contributed by atoms with Crippen molar-refractivity contribution < 1.29 is 13.6 Å². The highest BCUT2D eigenvalue weighted by Gasteiger charge is 2.29. The number of rotatable bonds is 6. The third kappa shape index (κ3) is 3.42. The first-order valence-corrected chi connectivity index (χ1v) is 7.59. The van der Waals surface area contributed by atoms with Crippen molar-refractivity contribution in [1.82, 2.24) is 19.3 Å². The Labute approximate surface area is 119 Å². The Morgan fingerprint density at radius 2 is 2.26 bits per heavy atom. The number of aryl methyl sites for hydroxylation is 1. The molecule has 0 unspecified atom stereocenters. The molecular formula is C8H15BrN6O3S. The van der Waals surface area contributed by atoms with E-state index in [0.29, 0.717) is 0 Å². The fourth-order valence-corrected chi connectivity index (χ4v) is 3.94. The summed E-state index contributed by atoms with van der Waals surface area (Å²) in [6.45, 7) is 2.05. The number of nitrogens with two attached hydrogens (primary N) is 1. The number of sulfonamides is 1. The number of hydrogen-bond donors (Lipinski definition) is 2. The summed E-state index contributed by atoms with van der Waals surface area (Å²) in [5.74, 6) is -0.0316. The minimum absolute atomic E-state index is 0.0316. The Morgan fingerprint density at radius 3 is 2.68 bits per heavy atom. The summed E-state index contributed by atoms with van der Waals surface area (Å²) in [5, 5.41) is 18.5. The fraction of sp³-hybridized carbons (Fsp3) is 0.625. The van der Waals surface area contributed by atoms with Crippen LogP contribution in [0, 0.1) is 0 Å². The van der Waals surface area contributed by atoms with Crippen molar-refractivity contribution in [1.29, 1.82) is 0 Å². The van der Waals surface area contributed by atoms with Gasteiger partial charge in [-0.25, -0.2) is 13.1 Å². The van der Waals surface area contributed by atoms with Gasteiger partial charge in [-0.3, -0.25) is 0 Å². The van der Waals surface area contributed by atoms with Gasteiger partial charge >= 0.3 is 0 Å². The van der Waals surface area contributed by atoms with Gasteiger partial charge in [0.05, 0.1) is 0 Å². The molecule has 11 heteroatoms. The van der Waals surface area contributed by atoms with Crippen LogP contribution in [0.5, 0.6) is 0 Å². The topological polar surface area (TPSA) is 127 Å². The molecule has 0 saturated carbocycles. The zero-order valence-electron chi connectivity index (χ0n) is 10.5. The summed E-state index contributed by atoms with van der Waals surface area (Å²) < 4.78 is 27.4. The Bertz CT molecular complexity index is 550. The van der Waals surface area contributed by atoms with E-state index in [9.17, 15) is 8.42 Å². The molecule has 1 heterocycles. The van der Waals surface area contributed by atoms with Gasteiger partial charge in [0.2, 0.25) is 5.03 Å². The van der Waals surface area contributed by atoms with Crippen molar-refractivity contribution in [2.45, 2.75) is 18.4 Å². The predicted molar refractivity (Wildman–Crippen MR) is 71.2 cm³/mol. The lowest BCUT2D eigenvalue weighted by Crippen LogP contribution is -2.35. The van der Waals surface area contributed by atoms with Crippen LogP contribution in [0.3, 0.4) is 0 Å². The monoisotopic (exact) mass is 354 g/mol. The zero-order chi connectivity index (χ0) is 14.6. The van der Waals surface area contributed by atoms with E-state index in [1.807, 2.05) is 0 Å². The third-order valence-corrected chi connectivity index (χ3v) is 5.28. The van der Waals surface area contributed by atoms with Gasteiger partial charge in [-0.15, -0.1) is 5.10 Å². The molecular weight excluding hydrogens is 340 g/mol. The lowest BCUT2D eigenvalue weighted by Gasteiger charge is -2.19. The highest BCUT2D eigenvalue weighted by Crippen LogP contribution is 2.22. The molecule has 0 aliphatic rings. The molecule has 0 radical (unpaired) electrons. The SMILES string of the molecule is CCN(CCC(N)=NO)S(=O)(=O)c1c(Br)nnn1C. The molecule has 0 aliphatic heterocycles. The molecule has 0 saturated heterocycles. The highest BCUT2D eigenvalue weighted by atomic mass is 79.9. The molecule has 0 atom stereocenters. The first-order chi connectivity index (χ1) is 8.84. The van der Waals surface area contributed by atoms with E-state index in [-0.39, 0.29) is 35.0 Å². The number of oxime groups is 1. The molecule has 0 fully saturated rings. The quantitative estimate of drug-likeness (QED) is 0.313. The van der Waals surface area contributed by atoms with Gasteiger partial charge in [-0.1, -0.05) is 17.3 Å². The van der Waals surface area contributed by atoms with E-state index in [2.05, 4.69) is 31.4 Å². The van der Waals surface area contributed by atoms with E-state index >= 15 is 0 Å². The van der Waals surface area contributed by atoms with Crippen LogP contribution in [0.2, 0.25) is 0 Å². The van der Waals surface area contributed by atoms with Crippen molar-refractivity contribution in [2.24, 2.45) is 17.9 Å². The molecule has 0 amide bonds. The summed E-state index contributed by atoms with van der Waals surface area (Å²) in [5.41, 5.74) is 5.34. The Morgan fingerprint density at radius 1 is 1.63 bits per heavy atom. The Balaban J connectivity index is 3.03. The molecule has 0 aliphatic carbocycles. The maximum Gasteiger partial charge on any atom is 0.263 e. The molecule has 9 nitrogen and oxygen atoms in total. The molecule has 1 aromatic heterocycles. The van der Waals surface area contributed by atoms with Gasteiger partial charge in [-0.2, -0.15) is 4.31 Å². The van der Waals surface area contributed by atoms with Crippen LogP contribution >= 0.6 is 15.9 Å². The second-order valence-electron chi connectivity index (χ2n) is 3.65. The normalized spacial score (nSPS) is 13.2. The molecule has 108 valence electrons. The van der Waals surface area contributed by atoms with Crippen LogP contribution in [0.25, 0.3) is 0 Å². The lowest BCUT2D eigenvalue weighted by atomic mass is 10.4. The standard InChI is InChI=1S/C8H15BrN6O3S/c1-3-15(5-4-6(10)12-16)19(17,18)8-7(9)11-13-14(8)2/h16H,3-5H2,1-2H3,(H2,10,12). The summed E-state index contributed by atoms with van der Waals surface area (Å²) in [7, 11) is -2.25. The van der Waals surface area contributed by atoms with E-state index in [1.165, 1.54) is 16.0 Å². The van der Waals surface area contributed by atoms with Crippen LogP contribution in [-0.2, 0) is 17.1 Å². The second-order valence-corrected chi connectivity index (χ2v) is 6.25. The second kappa shape index (κ2) is 6.30. The smallest absolute Gasteiger partial charge is 0.263 e. The first kappa shape index (κ1) is 15.9. The molecule has 0 bridgehead atoms. The Hall–Kier alpha value is -1.20. The van der Waals surface area contributed by atoms with Gasteiger partial charge in [0.25, 0.3) is 10.0 Å². The van der Waals surface area contributed by atoms with E-state index in [0.717, 1.165) is 0 Å². The largest absolute Gasteiger partial charge is 0.409 e. The van der Waals surface area contributed by atoms with E-state index < -0.39 is 10.0 Å². The summed E-state index contributed by atoms with van der Waals surface area (Å²) in [6, 6.07) is 0. The van der Waals surface area contributed by atoms with Crippen molar-refractivity contribution in [3.8, 4) is 0 Å². The van der Waals surface area contributed by atoms with Gasteiger partial charge in [0.15, 0.2) is 4.60 Å². The van der Waals surface area contributed by atoms with Crippen LogP contribution in [-0.4, -0.2) is 51.8 Å². The summed E-state index contributed by atoms with van der Waals surface area (Å²) in [6.07, 6.45) is 0.131. The van der Waals surface area contributed by atoms with Crippen molar-refractivity contribution in [2.75, 3.05) is 13.1 Å². The maximum atomic E-state index is 12.4. The van der Waals surface area contributed by atoms with Crippen molar-refractivity contribution >= 4 is 31.8 Å². The lowest BCUT2D eigenvalue weighted by molar-refractivity contribution is 0.315. The van der Waals surface area contributed by atoms with E-state index in [4.69, 9.17) is 10.9 Å². The number of nitrogens with zero attached hydrogens (tertiary/aromatic N) is 5. The predicted octanol–water partition coefficient (Wildman–Crippen LogP) is -0.275. The number of hydrogen-bond acceptors (Lipinski definition) is 6. The summed E-state index contributed by atoms with van der Waals surface area (Å²) in [4.78, 5) is 0. The first-order valence-electron chi connectivity index (χ1n) is 5.36. The van der Waals surface area contributed by atoms with Crippen LogP contribution in [0.15, 0.2) is 14.8 Å². The number of amidine groups is 1. The summed E-state index contributed by atoms with van der Waals surface area (Å²) >= 11 is 3.06. The Kier molecular flexibility index (Phi) is 5.26. The van der Waals surface area contributed by atoms with Crippen LogP contribution < -0.4 is 5.73 Å². The number of aromatic nitrogens is 3. The highest BCUT2D eigenvalue weighted by molar-refractivity contribution is 9.10. The minimum Gasteiger partial charge on any atom is -0.409 e. The zero-order valence-corrected chi connectivity index (χ0v) is 12.9. The number of halogens is 1. The fourth-order valence-electron chi connectivity index (χ4n) is 1.46. The van der Waals surface area contributed by atoms with Crippen molar-refractivity contribution in [3.63, 3.8) is 0 Å². The average Bonchev–Trinajstić information content (AvgIpc) is 2.69.